The van der Waals surface area contributed by atoms with Gasteiger partial charge in [0.2, 0.25) is 5.91 Å². The fraction of sp³-hybridized carbons (Fsp3) is 0.400. The molecule has 49 heavy (non-hydrogen) atoms. The fourth-order valence-corrected chi connectivity index (χ4v) is 6.38. The predicted octanol–water partition coefficient (Wildman–Crippen LogP) is 5.77. The Balaban J connectivity index is 1.24. The van der Waals surface area contributed by atoms with Crippen LogP contribution in [0.25, 0.3) is 22.2 Å². The number of nitrogens with zero attached hydrogens (tertiary/aromatic N) is 8. The molecule has 2 aliphatic heterocycles. The lowest BCUT2D eigenvalue weighted by Crippen LogP contribution is -2.55. The molecule has 1 saturated heterocycles. The Morgan fingerprint density at radius 1 is 0.878 bits per heavy atom. The summed E-state index contributed by atoms with van der Waals surface area (Å²) in [6, 6.07) is 15.6. The third kappa shape index (κ3) is 5.80. The van der Waals surface area contributed by atoms with Crippen molar-refractivity contribution in [1.82, 2.24) is 34.0 Å². The van der Waals surface area contributed by atoms with Gasteiger partial charge in [-0.05, 0) is 65.7 Å². The smallest absolute Gasteiger partial charge is 0.421 e. The van der Waals surface area contributed by atoms with Gasteiger partial charge in [-0.15, -0.1) is 0 Å². The Morgan fingerprint density at radius 3 is 2.33 bits per heavy atom. The van der Waals surface area contributed by atoms with E-state index in [4.69, 9.17) is 19.2 Å². The average Bonchev–Trinajstić information content (AvgIpc) is 3.71. The summed E-state index contributed by atoms with van der Waals surface area (Å²) in [6.07, 6.45) is 1.66. The lowest BCUT2D eigenvalue weighted by Gasteiger charge is -2.42. The van der Waals surface area contributed by atoms with Crippen LogP contribution in [0.4, 0.5) is 15.4 Å². The lowest BCUT2D eigenvalue weighted by atomic mass is 9.85. The molecule has 1 atom stereocenters. The minimum atomic E-state index is -1.10. The van der Waals surface area contributed by atoms with Crippen LogP contribution in [-0.2, 0) is 33.1 Å². The van der Waals surface area contributed by atoms with Crippen molar-refractivity contribution in [2.75, 3.05) is 11.4 Å². The highest BCUT2D eigenvalue weighted by molar-refractivity contribution is 6.01. The van der Waals surface area contributed by atoms with Crippen LogP contribution in [0.15, 0.2) is 61.2 Å². The lowest BCUT2D eigenvalue weighted by molar-refractivity contribution is -0.123. The van der Waals surface area contributed by atoms with Crippen LogP contribution in [0, 0.1) is 0 Å². The Kier molecular flexibility index (Phi) is 7.56. The zero-order chi connectivity index (χ0) is 34.7. The van der Waals surface area contributed by atoms with Crippen LogP contribution in [0.1, 0.15) is 65.8 Å². The number of rotatable bonds is 4. The zero-order valence-electron chi connectivity index (χ0n) is 28.3. The van der Waals surface area contributed by atoms with Gasteiger partial charge in [0, 0.05) is 6.54 Å². The van der Waals surface area contributed by atoms with Crippen molar-refractivity contribution < 1.29 is 28.6 Å². The largest absolute Gasteiger partial charge is 0.487 e. The van der Waals surface area contributed by atoms with E-state index in [1.807, 2.05) is 73.9 Å². The highest BCUT2D eigenvalue weighted by Crippen LogP contribution is 2.47. The van der Waals surface area contributed by atoms with Gasteiger partial charge in [0.05, 0.1) is 11.9 Å². The molecule has 2 amide bonds. The van der Waals surface area contributed by atoms with E-state index in [2.05, 4.69) is 15.0 Å². The Bertz CT molecular complexity index is 2090. The summed E-state index contributed by atoms with van der Waals surface area (Å²) < 4.78 is 20.8. The predicted molar refractivity (Wildman–Crippen MR) is 179 cm³/mol. The molecule has 0 radical (unpaired) electrons. The van der Waals surface area contributed by atoms with Crippen molar-refractivity contribution in [2.45, 2.75) is 84.4 Å². The molecule has 14 heteroatoms. The van der Waals surface area contributed by atoms with Crippen LogP contribution in [0.2, 0.25) is 0 Å². The molecule has 1 fully saturated rings. The Labute approximate surface area is 282 Å². The SMILES string of the molecule is CC(C)(C)OC(=O)N1Cn2c(nc3c(OCc4ccccc4)cccc32)C12CCN(c1ncnc3c1ncn3C(=O)OC(C)(C)C)C(=O)C2. The molecule has 2 aliphatic rings. The highest BCUT2D eigenvalue weighted by atomic mass is 16.6. The van der Waals surface area contributed by atoms with Crippen molar-refractivity contribution in [3.05, 3.63) is 72.6 Å². The molecule has 0 saturated carbocycles. The van der Waals surface area contributed by atoms with Crippen molar-refractivity contribution in [3.8, 4) is 5.75 Å². The van der Waals surface area contributed by atoms with Crippen molar-refractivity contribution in [2.24, 2.45) is 0 Å². The zero-order valence-corrected chi connectivity index (χ0v) is 28.3. The van der Waals surface area contributed by atoms with Gasteiger partial charge in [0.1, 0.15) is 59.8 Å². The van der Waals surface area contributed by atoms with Crippen LogP contribution in [0.5, 0.6) is 5.75 Å². The number of para-hydroxylation sites is 1. The number of imidazole rings is 2. The summed E-state index contributed by atoms with van der Waals surface area (Å²) in [5.74, 6) is 1.15. The van der Waals surface area contributed by atoms with Crippen LogP contribution < -0.4 is 9.64 Å². The van der Waals surface area contributed by atoms with Gasteiger partial charge in [-0.25, -0.2) is 34.1 Å². The number of ether oxygens (including phenoxy) is 3. The van der Waals surface area contributed by atoms with E-state index in [1.54, 1.807) is 25.7 Å². The van der Waals surface area contributed by atoms with Gasteiger partial charge in [0.25, 0.3) is 0 Å². The first-order valence-corrected chi connectivity index (χ1v) is 16.1. The molecule has 7 rings (SSSR count). The van der Waals surface area contributed by atoms with Gasteiger partial charge in [0.15, 0.2) is 17.0 Å². The third-order valence-corrected chi connectivity index (χ3v) is 8.46. The molecule has 2 aromatic carbocycles. The first-order chi connectivity index (χ1) is 23.2. The van der Waals surface area contributed by atoms with E-state index in [1.165, 1.54) is 22.1 Å². The van der Waals surface area contributed by atoms with Crippen LogP contribution in [-0.4, -0.2) is 69.8 Å². The molecule has 0 aliphatic carbocycles. The van der Waals surface area contributed by atoms with Gasteiger partial charge in [-0.3, -0.25) is 14.6 Å². The number of piperidine rings is 1. The maximum absolute atomic E-state index is 14.2. The molecule has 1 unspecified atom stereocenters. The molecule has 3 aromatic heterocycles. The second-order valence-electron chi connectivity index (χ2n) is 14.3. The van der Waals surface area contributed by atoms with Crippen molar-refractivity contribution in [1.29, 1.82) is 0 Å². The molecule has 14 nitrogen and oxygen atoms in total. The summed E-state index contributed by atoms with van der Waals surface area (Å²) in [6.45, 7) is 11.4. The van der Waals surface area contributed by atoms with E-state index in [0.717, 1.165) is 11.1 Å². The number of fused-ring (bicyclic) bond motifs is 5. The van der Waals surface area contributed by atoms with E-state index in [-0.39, 0.29) is 42.5 Å². The van der Waals surface area contributed by atoms with E-state index in [9.17, 15) is 14.4 Å². The molecule has 1 spiro atoms. The minimum Gasteiger partial charge on any atom is -0.487 e. The molecule has 5 aromatic rings. The van der Waals surface area contributed by atoms with E-state index in [0.29, 0.717) is 30.1 Å². The Hall–Kier alpha value is -5.53. The molecule has 254 valence electrons. The topological polar surface area (TPSA) is 147 Å². The monoisotopic (exact) mass is 666 g/mol. The summed E-state index contributed by atoms with van der Waals surface area (Å²) in [4.78, 5) is 62.2. The first-order valence-electron chi connectivity index (χ1n) is 16.1. The highest BCUT2D eigenvalue weighted by Gasteiger charge is 2.55. The van der Waals surface area contributed by atoms with E-state index < -0.39 is 28.9 Å². The standard InChI is InChI=1S/C35H38N8O6/c1-33(2,3)48-31(45)41-20-38-27-28(36-19-37-29(27)41)40-16-15-35(17-25(40)44)30-39-26-23(42(30)21-43(35)32(46)49-34(4,5)6)13-10-14-24(26)47-18-22-11-8-7-9-12-22/h7-14,19-20H,15-18,21H2,1-6H3. The number of anilines is 1. The molecular weight excluding hydrogens is 628 g/mol. The van der Waals surface area contributed by atoms with Gasteiger partial charge in [-0.2, -0.15) is 0 Å². The second kappa shape index (κ2) is 11.6. The van der Waals surface area contributed by atoms with Crippen molar-refractivity contribution in [3.63, 3.8) is 0 Å². The maximum Gasteiger partial charge on any atom is 0.421 e. The number of carbonyl (C=O) groups is 3. The number of aromatic nitrogens is 6. The number of benzene rings is 2. The quantitative estimate of drug-likeness (QED) is 0.232. The second-order valence-corrected chi connectivity index (χ2v) is 14.3. The summed E-state index contributed by atoms with van der Waals surface area (Å²) in [5, 5.41) is 0. The maximum atomic E-state index is 14.2. The van der Waals surface area contributed by atoms with E-state index >= 15 is 0 Å². The molecular formula is C35H38N8O6. The molecule has 5 heterocycles. The number of amides is 2. The van der Waals surface area contributed by atoms with Gasteiger partial charge < -0.3 is 18.8 Å². The number of hydrogen-bond donors (Lipinski definition) is 0. The number of hydrogen-bond acceptors (Lipinski definition) is 10. The van der Waals surface area contributed by atoms with Gasteiger partial charge >= 0.3 is 12.2 Å². The van der Waals surface area contributed by atoms with Gasteiger partial charge in [-0.1, -0.05) is 36.4 Å². The molecule has 0 bridgehead atoms. The first kappa shape index (κ1) is 32.0. The van der Waals surface area contributed by atoms with Crippen LogP contribution >= 0.6 is 0 Å². The minimum absolute atomic E-state index is 0.0892. The summed E-state index contributed by atoms with van der Waals surface area (Å²) >= 11 is 0. The van der Waals surface area contributed by atoms with Crippen LogP contribution in [0.3, 0.4) is 0 Å². The fourth-order valence-electron chi connectivity index (χ4n) is 6.38. The summed E-state index contributed by atoms with van der Waals surface area (Å²) in [7, 11) is 0. The number of carbonyl (C=O) groups excluding carboxylic acids is 3. The average molecular weight is 667 g/mol. The Morgan fingerprint density at radius 2 is 1.61 bits per heavy atom. The van der Waals surface area contributed by atoms with Crippen molar-refractivity contribution >= 4 is 46.1 Å². The third-order valence-electron chi connectivity index (χ3n) is 8.46. The normalized spacial score (nSPS) is 18.0. The summed E-state index contributed by atoms with van der Waals surface area (Å²) in [5.41, 5.74) is 0.359. The molecule has 0 N–H and O–H groups in total.